The summed E-state index contributed by atoms with van der Waals surface area (Å²) in [5.74, 6) is -0.735. The van der Waals surface area contributed by atoms with E-state index in [1.54, 1.807) is 4.68 Å². The largest absolute Gasteiger partial charge is 0.481 e. The molecule has 4 nitrogen and oxygen atoms in total. The van der Waals surface area contributed by atoms with Gasteiger partial charge in [-0.25, -0.2) is 0 Å². The van der Waals surface area contributed by atoms with Crippen molar-refractivity contribution in [1.29, 1.82) is 0 Å². The number of aryl methyl sites for hydroxylation is 1. The fourth-order valence-corrected chi connectivity index (χ4v) is 3.04. The van der Waals surface area contributed by atoms with Gasteiger partial charge in [0.05, 0.1) is 10.9 Å². The number of halogens is 1. The Kier molecular flexibility index (Phi) is 2.10. The van der Waals surface area contributed by atoms with E-state index in [-0.39, 0.29) is 0 Å². The smallest absolute Gasteiger partial charge is 0.314 e. The molecule has 17 heavy (non-hydrogen) atoms. The number of aromatic nitrogens is 2. The van der Waals surface area contributed by atoms with Crippen LogP contribution in [0.3, 0.4) is 0 Å². The minimum Gasteiger partial charge on any atom is -0.481 e. The lowest BCUT2D eigenvalue weighted by Crippen LogP contribution is -2.19. The topological polar surface area (TPSA) is 55.1 Å². The van der Waals surface area contributed by atoms with Crippen LogP contribution in [0.1, 0.15) is 18.4 Å². The van der Waals surface area contributed by atoms with Crippen molar-refractivity contribution in [3.05, 3.63) is 28.4 Å². The van der Waals surface area contributed by atoms with E-state index in [9.17, 15) is 9.90 Å². The van der Waals surface area contributed by atoms with Crippen LogP contribution < -0.4 is 0 Å². The van der Waals surface area contributed by atoms with E-state index in [1.807, 2.05) is 25.2 Å². The van der Waals surface area contributed by atoms with Gasteiger partial charge < -0.3 is 5.11 Å². The average Bonchev–Trinajstić information content (AvgIpc) is 3.04. The molecule has 1 saturated carbocycles. The number of carbonyl (C=O) groups is 1. The van der Waals surface area contributed by atoms with Crippen molar-refractivity contribution < 1.29 is 9.90 Å². The highest BCUT2D eigenvalue weighted by atomic mass is 79.9. The highest BCUT2D eigenvalue weighted by molar-refractivity contribution is 9.10. The third kappa shape index (κ3) is 1.35. The summed E-state index contributed by atoms with van der Waals surface area (Å²) in [5.41, 5.74) is 1.15. The van der Waals surface area contributed by atoms with Crippen LogP contribution in [-0.2, 0) is 17.3 Å². The predicted octanol–water partition coefficient (Wildman–Crippen LogP) is 2.45. The van der Waals surface area contributed by atoms with Crippen LogP contribution in [0.5, 0.6) is 0 Å². The molecule has 0 aliphatic heterocycles. The summed E-state index contributed by atoms with van der Waals surface area (Å²) in [5, 5.41) is 14.6. The van der Waals surface area contributed by atoms with Gasteiger partial charge in [-0.05, 0) is 40.4 Å². The van der Waals surface area contributed by atoms with Crippen LogP contribution >= 0.6 is 15.9 Å². The fraction of sp³-hybridized carbons (Fsp3) is 0.333. The van der Waals surface area contributed by atoms with Crippen LogP contribution in [0.15, 0.2) is 22.8 Å². The van der Waals surface area contributed by atoms with Gasteiger partial charge in [0.15, 0.2) is 0 Å². The molecule has 5 heteroatoms. The third-order valence-corrected chi connectivity index (χ3v) is 4.07. The molecule has 0 unspecified atom stereocenters. The monoisotopic (exact) mass is 294 g/mol. The maximum Gasteiger partial charge on any atom is 0.314 e. The molecule has 3 rings (SSSR count). The van der Waals surface area contributed by atoms with Crippen LogP contribution in [-0.4, -0.2) is 20.9 Å². The molecule has 1 heterocycles. The molecule has 1 N–H and O–H groups in total. The average molecular weight is 295 g/mol. The van der Waals surface area contributed by atoms with E-state index in [2.05, 4.69) is 21.0 Å². The maximum absolute atomic E-state index is 11.4. The number of carboxylic acid groups (broad SMARTS) is 1. The van der Waals surface area contributed by atoms with E-state index in [4.69, 9.17) is 0 Å². The minimum absolute atomic E-state index is 0.689. The van der Waals surface area contributed by atoms with Gasteiger partial charge >= 0.3 is 5.97 Å². The molecular weight excluding hydrogens is 284 g/mol. The summed E-state index contributed by atoms with van der Waals surface area (Å²) >= 11 is 3.41. The molecule has 88 valence electrons. The first kappa shape index (κ1) is 10.8. The Morgan fingerprint density at radius 3 is 2.82 bits per heavy atom. The maximum atomic E-state index is 11.4. The summed E-state index contributed by atoms with van der Waals surface area (Å²) in [6.45, 7) is 0. The molecule has 2 aromatic rings. The van der Waals surface area contributed by atoms with Crippen LogP contribution in [0.25, 0.3) is 10.9 Å². The number of rotatable bonds is 2. The van der Waals surface area contributed by atoms with E-state index in [0.29, 0.717) is 12.8 Å². The minimum atomic E-state index is -0.735. The SMILES string of the molecule is Cn1nc(Br)c2c(C3(C(=O)O)CC3)cccc21. The second kappa shape index (κ2) is 3.32. The van der Waals surface area contributed by atoms with E-state index < -0.39 is 11.4 Å². The number of hydrogen-bond acceptors (Lipinski definition) is 2. The molecular formula is C12H11BrN2O2. The second-order valence-electron chi connectivity index (χ2n) is 4.50. The fourth-order valence-electron chi connectivity index (χ4n) is 2.38. The number of nitrogens with zero attached hydrogens (tertiary/aromatic N) is 2. The van der Waals surface area contributed by atoms with Crippen molar-refractivity contribution >= 4 is 32.8 Å². The normalized spacial score (nSPS) is 17.3. The van der Waals surface area contributed by atoms with Gasteiger partial charge in [0.2, 0.25) is 0 Å². The van der Waals surface area contributed by atoms with Gasteiger partial charge in [0.1, 0.15) is 4.60 Å². The number of carboxylic acids is 1. The molecule has 0 spiro atoms. The van der Waals surface area contributed by atoms with E-state index in [1.165, 1.54) is 0 Å². The molecule has 1 aromatic heterocycles. The van der Waals surface area contributed by atoms with Crippen molar-refractivity contribution in [3.63, 3.8) is 0 Å². The van der Waals surface area contributed by atoms with Gasteiger partial charge in [-0.2, -0.15) is 5.10 Å². The molecule has 0 saturated heterocycles. The number of aliphatic carboxylic acids is 1. The molecule has 1 aliphatic rings. The van der Waals surface area contributed by atoms with Crippen LogP contribution in [0.4, 0.5) is 0 Å². The molecule has 1 aromatic carbocycles. The summed E-state index contributed by atoms with van der Waals surface area (Å²) in [7, 11) is 1.86. The van der Waals surface area contributed by atoms with Crippen molar-refractivity contribution in [3.8, 4) is 0 Å². The van der Waals surface area contributed by atoms with Gasteiger partial charge in [-0.3, -0.25) is 9.48 Å². The van der Waals surface area contributed by atoms with Gasteiger partial charge in [-0.1, -0.05) is 12.1 Å². The summed E-state index contributed by atoms with van der Waals surface area (Å²) in [4.78, 5) is 11.4. The van der Waals surface area contributed by atoms with Crippen molar-refractivity contribution in [1.82, 2.24) is 9.78 Å². The first-order valence-corrected chi connectivity index (χ1v) is 6.21. The highest BCUT2D eigenvalue weighted by Gasteiger charge is 2.52. The molecule has 1 aliphatic carbocycles. The molecule has 1 fully saturated rings. The lowest BCUT2D eigenvalue weighted by atomic mass is 9.93. The zero-order valence-electron chi connectivity index (χ0n) is 9.27. The number of hydrogen-bond donors (Lipinski definition) is 1. The lowest BCUT2D eigenvalue weighted by Gasteiger charge is -2.11. The Labute approximate surface area is 106 Å². The highest BCUT2D eigenvalue weighted by Crippen LogP contribution is 2.51. The molecule has 0 amide bonds. The lowest BCUT2D eigenvalue weighted by molar-refractivity contribution is -0.139. The first-order chi connectivity index (χ1) is 8.06. The van der Waals surface area contributed by atoms with Gasteiger partial charge in [0.25, 0.3) is 0 Å². The van der Waals surface area contributed by atoms with Gasteiger partial charge in [-0.15, -0.1) is 0 Å². The van der Waals surface area contributed by atoms with Crippen molar-refractivity contribution in [2.75, 3.05) is 0 Å². The summed E-state index contributed by atoms with van der Waals surface area (Å²) in [6.07, 6.45) is 1.42. The Bertz CT molecular complexity index is 629. The predicted molar refractivity (Wildman–Crippen MR) is 67.0 cm³/mol. The molecule has 0 atom stereocenters. The Hall–Kier alpha value is -1.36. The Morgan fingerprint density at radius 2 is 2.24 bits per heavy atom. The van der Waals surface area contributed by atoms with Crippen LogP contribution in [0, 0.1) is 0 Å². The zero-order chi connectivity index (χ0) is 12.2. The standard InChI is InChI=1S/C12H11BrN2O2/c1-15-8-4-2-3-7(9(8)10(13)14-15)12(5-6-12)11(16)17/h2-4H,5-6H2,1H3,(H,16,17). The molecule has 0 radical (unpaired) electrons. The van der Waals surface area contributed by atoms with E-state index in [0.717, 1.165) is 21.1 Å². The van der Waals surface area contributed by atoms with E-state index >= 15 is 0 Å². The van der Waals surface area contributed by atoms with Crippen molar-refractivity contribution in [2.45, 2.75) is 18.3 Å². The van der Waals surface area contributed by atoms with Crippen molar-refractivity contribution in [2.24, 2.45) is 7.05 Å². The Balaban J connectivity index is 2.34. The zero-order valence-corrected chi connectivity index (χ0v) is 10.9. The quantitative estimate of drug-likeness (QED) is 0.926. The summed E-state index contributed by atoms with van der Waals surface area (Å²) in [6, 6.07) is 5.75. The molecule has 0 bridgehead atoms. The third-order valence-electron chi connectivity index (χ3n) is 3.51. The first-order valence-electron chi connectivity index (χ1n) is 5.41. The van der Waals surface area contributed by atoms with Gasteiger partial charge in [0, 0.05) is 12.4 Å². The number of benzene rings is 1. The number of fused-ring (bicyclic) bond motifs is 1. The second-order valence-corrected chi connectivity index (χ2v) is 5.25. The summed E-state index contributed by atoms with van der Waals surface area (Å²) < 4.78 is 2.49. The Morgan fingerprint density at radius 1 is 1.53 bits per heavy atom. The van der Waals surface area contributed by atoms with Crippen LogP contribution in [0.2, 0.25) is 0 Å².